The number of carboxylic acid groups (broad SMARTS) is 2. The molecule has 7 N–H and O–H groups in total. The minimum absolute atomic E-state index is 0.155. The minimum Gasteiger partial charge on any atom is -0.481 e. The van der Waals surface area contributed by atoms with E-state index in [-0.39, 0.29) is 11.7 Å². The van der Waals surface area contributed by atoms with Crippen molar-refractivity contribution in [2.45, 2.75) is 56.8 Å². The van der Waals surface area contributed by atoms with Gasteiger partial charge in [-0.3, -0.25) is 4.79 Å². The number of aromatic nitrogens is 2. The van der Waals surface area contributed by atoms with Gasteiger partial charge < -0.3 is 36.2 Å². The van der Waals surface area contributed by atoms with Gasteiger partial charge in [0, 0.05) is 0 Å². The molecule has 1 unspecified atom stereocenters. The average molecular weight is 385 g/mol. The summed E-state index contributed by atoms with van der Waals surface area (Å²) in [7, 11) is 0. The number of nitrogens with one attached hydrogen (secondary N) is 2. The van der Waals surface area contributed by atoms with E-state index in [9.17, 15) is 19.5 Å². The highest BCUT2D eigenvalue weighted by atomic mass is 16.5. The summed E-state index contributed by atoms with van der Waals surface area (Å²) in [4.78, 5) is 38.2. The maximum absolute atomic E-state index is 12.0. The first-order chi connectivity index (χ1) is 12.7. The van der Waals surface area contributed by atoms with Crippen molar-refractivity contribution in [2.24, 2.45) is 11.7 Å². The van der Waals surface area contributed by atoms with Crippen molar-refractivity contribution in [3.05, 3.63) is 11.7 Å². The van der Waals surface area contributed by atoms with Gasteiger partial charge in [0.2, 0.25) is 5.89 Å². The molecule has 1 aliphatic carbocycles. The summed E-state index contributed by atoms with van der Waals surface area (Å²) in [5.41, 5.74) is 5.99. The van der Waals surface area contributed by atoms with E-state index in [1.54, 1.807) is 0 Å². The Morgan fingerprint density at radius 2 is 1.96 bits per heavy atom. The van der Waals surface area contributed by atoms with Gasteiger partial charge in [0.25, 0.3) is 0 Å². The zero-order chi connectivity index (χ0) is 20.1. The second-order valence-corrected chi connectivity index (χ2v) is 6.60. The summed E-state index contributed by atoms with van der Waals surface area (Å²) < 4.78 is 5.04. The highest BCUT2D eigenvalue weighted by Gasteiger charge is 2.31. The summed E-state index contributed by atoms with van der Waals surface area (Å²) in [6, 6.07) is -4.22. The van der Waals surface area contributed by atoms with Gasteiger partial charge >= 0.3 is 18.0 Å². The number of aliphatic carboxylic acids is 2. The Hall–Kier alpha value is -2.73. The highest BCUT2D eigenvalue weighted by molar-refractivity contribution is 5.83. The van der Waals surface area contributed by atoms with Crippen LogP contribution in [0.2, 0.25) is 0 Å². The predicted octanol–water partition coefficient (Wildman–Crippen LogP) is -0.481. The lowest BCUT2D eigenvalue weighted by Gasteiger charge is -2.19. The van der Waals surface area contributed by atoms with Crippen LogP contribution in [-0.2, 0) is 9.59 Å². The first-order valence-corrected chi connectivity index (χ1v) is 8.46. The van der Waals surface area contributed by atoms with Crippen LogP contribution in [-0.4, -0.2) is 55.6 Å². The third-order valence-electron chi connectivity index (χ3n) is 4.09. The number of carboxylic acids is 2. The summed E-state index contributed by atoms with van der Waals surface area (Å²) in [5.74, 6) is -2.11. The molecule has 0 bridgehead atoms. The van der Waals surface area contributed by atoms with Crippen molar-refractivity contribution >= 4 is 18.0 Å². The normalized spacial score (nSPS) is 18.2. The molecule has 1 fully saturated rings. The van der Waals surface area contributed by atoms with Crippen LogP contribution < -0.4 is 16.4 Å². The number of carbonyl (C=O) groups is 3. The standard InChI is InChI=1S/C15H23N5O7/c1-6(21)11(14(24)25)18-15(26)17-9(5-10(22)23)13-19-12(20-27-13)8(16)4-7-2-3-7/h6-9,11,21H,2-5,16H2,1H3,(H,22,23)(H,24,25)(H2,17,18,26)/t6?,8-,9+,11+/m1/s1. The van der Waals surface area contributed by atoms with Crippen molar-refractivity contribution in [1.82, 2.24) is 20.8 Å². The maximum atomic E-state index is 12.0. The van der Waals surface area contributed by atoms with Gasteiger partial charge in [0.1, 0.15) is 6.04 Å². The number of urea groups is 1. The molecule has 1 saturated carbocycles. The lowest BCUT2D eigenvalue weighted by Crippen LogP contribution is -2.51. The molecule has 0 aromatic carbocycles. The van der Waals surface area contributed by atoms with Crippen molar-refractivity contribution in [3.8, 4) is 0 Å². The zero-order valence-corrected chi connectivity index (χ0v) is 14.7. The summed E-state index contributed by atoms with van der Waals surface area (Å²) in [6.07, 6.45) is 0.942. The molecule has 0 radical (unpaired) electrons. The van der Waals surface area contributed by atoms with Gasteiger partial charge in [0.15, 0.2) is 11.9 Å². The average Bonchev–Trinajstić information content (AvgIpc) is 3.23. The Morgan fingerprint density at radius 3 is 2.48 bits per heavy atom. The lowest BCUT2D eigenvalue weighted by atomic mass is 10.1. The molecule has 0 spiro atoms. The van der Waals surface area contributed by atoms with Crippen LogP contribution in [0.4, 0.5) is 4.79 Å². The van der Waals surface area contributed by atoms with Crippen molar-refractivity contribution in [1.29, 1.82) is 0 Å². The highest BCUT2D eigenvalue weighted by Crippen LogP contribution is 2.36. The van der Waals surface area contributed by atoms with Crippen molar-refractivity contribution in [3.63, 3.8) is 0 Å². The molecule has 0 saturated heterocycles. The fraction of sp³-hybridized carbons (Fsp3) is 0.667. The van der Waals surface area contributed by atoms with Gasteiger partial charge in [-0.2, -0.15) is 4.98 Å². The number of hydrogen-bond donors (Lipinski definition) is 6. The molecule has 2 amide bonds. The van der Waals surface area contributed by atoms with Crippen LogP contribution in [0.5, 0.6) is 0 Å². The van der Waals surface area contributed by atoms with E-state index in [0.29, 0.717) is 12.3 Å². The van der Waals surface area contributed by atoms with Crippen LogP contribution in [0.15, 0.2) is 4.52 Å². The number of amides is 2. The van der Waals surface area contributed by atoms with Gasteiger partial charge in [-0.25, -0.2) is 9.59 Å². The molecule has 1 heterocycles. The monoisotopic (exact) mass is 385 g/mol. The van der Waals surface area contributed by atoms with E-state index >= 15 is 0 Å². The molecule has 1 aliphatic rings. The molecule has 2 rings (SSSR count). The zero-order valence-electron chi connectivity index (χ0n) is 14.7. The van der Waals surface area contributed by atoms with E-state index in [4.69, 9.17) is 20.5 Å². The molecular weight excluding hydrogens is 362 g/mol. The van der Waals surface area contributed by atoms with Crippen LogP contribution in [0.1, 0.15) is 56.4 Å². The summed E-state index contributed by atoms with van der Waals surface area (Å²) >= 11 is 0. The smallest absolute Gasteiger partial charge is 0.328 e. The van der Waals surface area contributed by atoms with Crippen molar-refractivity contribution < 1.29 is 34.2 Å². The number of carbonyl (C=O) groups excluding carboxylic acids is 1. The second kappa shape index (κ2) is 8.77. The lowest BCUT2D eigenvalue weighted by molar-refractivity contribution is -0.142. The molecule has 12 nitrogen and oxygen atoms in total. The fourth-order valence-electron chi connectivity index (χ4n) is 2.46. The third-order valence-corrected chi connectivity index (χ3v) is 4.09. The van der Waals surface area contributed by atoms with Gasteiger partial charge in [-0.15, -0.1) is 0 Å². The Bertz CT molecular complexity index is 688. The SMILES string of the molecule is CC(O)[C@H](NC(=O)N[C@@H](CC(=O)O)c1nc([C@H](N)CC2CC2)no1)C(=O)O. The Balaban J connectivity index is 2.05. The van der Waals surface area contributed by atoms with Crippen molar-refractivity contribution in [2.75, 3.05) is 0 Å². The second-order valence-electron chi connectivity index (χ2n) is 6.60. The number of nitrogens with two attached hydrogens (primary N) is 1. The first-order valence-electron chi connectivity index (χ1n) is 8.46. The van der Waals surface area contributed by atoms with E-state index < -0.39 is 48.6 Å². The van der Waals surface area contributed by atoms with Gasteiger partial charge in [-0.1, -0.05) is 18.0 Å². The number of aliphatic hydroxyl groups is 1. The molecule has 1 aromatic heterocycles. The fourth-order valence-corrected chi connectivity index (χ4v) is 2.46. The molecular formula is C15H23N5O7. The molecule has 27 heavy (non-hydrogen) atoms. The molecule has 1 aromatic rings. The topological polar surface area (TPSA) is 201 Å². The number of aliphatic hydroxyl groups excluding tert-OH is 1. The molecule has 150 valence electrons. The summed E-state index contributed by atoms with van der Waals surface area (Å²) in [5, 5.41) is 35.5. The molecule has 4 atom stereocenters. The van der Waals surface area contributed by atoms with E-state index in [1.165, 1.54) is 6.92 Å². The van der Waals surface area contributed by atoms with Gasteiger partial charge in [-0.05, 0) is 19.3 Å². The molecule has 12 heteroatoms. The van der Waals surface area contributed by atoms with E-state index in [0.717, 1.165) is 12.8 Å². The van der Waals surface area contributed by atoms with Crippen LogP contribution in [0.25, 0.3) is 0 Å². The first kappa shape index (κ1) is 20.6. The maximum Gasteiger partial charge on any atom is 0.328 e. The summed E-state index contributed by atoms with van der Waals surface area (Å²) in [6.45, 7) is 1.19. The Morgan fingerprint density at radius 1 is 1.30 bits per heavy atom. The number of rotatable bonds is 10. The number of nitrogens with zero attached hydrogens (tertiary/aromatic N) is 2. The van der Waals surface area contributed by atoms with E-state index in [2.05, 4.69) is 15.5 Å². The van der Waals surface area contributed by atoms with E-state index in [1.807, 2.05) is 5.32 Å². The quantitative estimate of drug-likeness (QED) is 0.305. The van der Waals surface area contributed by atoms with Gasteiger partial charge in [0.05, 0.1) is 18.6 Å². The Kier molecular flexibility index (Phi) is 6.69. The van der Waals surface area contributed by atoms with Crippen LogP contribution >= 0.6 is 0 Å². The Labute approximate surface area is 154 Å². The third kappa shape index (κ3) is 6.18. The van der Waals surface area contributed by atoms with Crippen LogP contribution in [0.3, 0.4) is 0 Å². The number of hydrogen-bond acceptors (Lipinski definition) is 8. The molecule has 0 aliphatic heterocycles. The minimum atomic E-state index is -1.57. The predicted molar refractivity (Wildman–Crippen MR) is 88.3 cm³/mol. The van der Waals surface area contributed by atoms with Crippen LogP contribution in [0, 0.1) is 5.92 Å². The largest absolute Gasteiger partial charge is 0.481 e.